The molecule has 2 atom stereocenters. The van der Waals surface area contributed by atoms with Gasteiger partial charge in [0.25, 0.3) is 5.91 Å². The molecule has 0 aromatic heterocycles. The molecule has 2 unspecified atom stereocenters. The van der Waals surface area contributed by atoms with Crippen molar-refractivity contribution in [1.29, 1.82) is 0 Å². The Bertz CT molecular complexity index is 390. The molecule has 0 aromatic rings. The van der Waals surface area contributed by atoms with Gasteiger partial charge in [0.15, 0.2) is 0 Å². The number of nitrogens with one attached hydrogen (secondary N) is 1. The standard InChI is InChI=1S/C6H10N2O6S/c1-3-5(7-4(2)9)6(10)8(3)14-15(11,12)13/h3,5H,1-2H3,(H,7,9)(H,11,12,13). The number of rotatable bonds is 3. The molecule has 1 fully saturated rings. The minimum absolute atomic E-state index is 0.410. The maximum absolute atomic E-state index is 11.2. The maximum atomic E-state index is 11.2. The zero-order valence-corrected chi connectivity index (χ0v) is 8.82. The third-order valence-corrected chi connectivity index (χ3v) is 2.22. The minimum atomic E-state index is -4.71. The van der Waals surface area contributed by atoms with E-state index in [1.165, 1.54) is 13.8 Å². The van der Waals surface area contributed by atoms with Crippen molar-refractivity contribution in [3.63, 3.8) is 0 Å². The molecular weight excluding hydrogens is 228 g/mol. The van der Waals surface area contributed by atoms with Crippen LogP contribution in [0.15, 0.2) is 0 Å². The van der Waals surface area contributed by atoms with Crippen LogP contribution in [0.3, 0.4) is 0 Å². The van der Waals surface area contributed by atoms with Crippen LogP contribution in [-0.4, -0.2) is 41.9 Å². The Morgan fingerprint density at radius 3 is 2.47 bits per heavy atom. The van der Waals surface area contributed by atoms with Gasteiger partial charge in [-0.2, -0.15) is 13.5 Å². The fourth-order valence-corrected chi connectivity index (χ4v) is 1.62. The Labute approximate surface area is 86.1 Å². The zero-order chi connectivity index (χ0) is 11.8. The Hall–Kier alpha value is -1.19. The van der Waals surface area contributed by atoms with Gasteiger partial charge >= 0.3 is 10.4 Å². The second kappa shape index (κ2) is 3.76. The molecule has 1 heterocycles. The van der Waals surface area contributed by atoms with E-state index in [1.54, 1.807) is 0 Å². The number of hydrogen-bond acceptors (Lipinski definition) is 5. The number of hydroxylamine groups is 2. The lowest BCUT2D eigenvalue weighted by molar-refractivity contribution is -0.196. The summed E-state index contributed by atoms with van der Waals surface area (Å²) in [6.07, 6.45) is 0. The van der Waals surface area contributed by atoms with Crippen molar-refractivity contribution in [3.8, 4) is 0 Å². The highest BCUT2D eigenvalue weighted by Gasteiger charge is 2.48. The van der Waals surface area contributed by atoms with Crippen molar-refractivity contribution in [3.05, 3.63) is 0 Å². The van der Waals surface area contributed by atoms with Crippen molar-refractivity contribution in [2.45, 2.75) is 25.9 Å². The van der Waals surface area contributed by atoms with E-state index in [0.717, 1.165) is 0 Å². The van der Waals surface area contributed by atoms with Gasteiger partial charge in [0.05, 0.1) is 6.04 Å². The van der Waals surface area contributed by atoms with E-state index in [0.29, 0.717) is 5.06 Å². The van der Waals surface area contributed by atoms with Crippen LogP contribution in [0, 0.1) is 0 Å². The molecular formula is C6H10N2O6S. The van der Waals surface area contributed by atoms with E-state index in [9.17, 15) is 18.0 Å². The largest absolute Gasteiger partial charge is 0.418 e. The molecule has 8 nitrogen and oxygen atoms in total. The van der Waals surface area contributed by atoms with E-state index >= 15 is 0 Å². The van der Waals surface area contributed by atoms with Gasteiger partial charge in [-0.3, -0.25) is 14.1 Å². The Morgan fingerprint density at radius 1 is 1.60 bits per heavy atom. The molecule has 0 spiro atoms. The summed E-state index contributed by atoms with van der Waals surface area (Å²) in [7, 11) is -4.71. The number of carbonyl (C=O) groups excluding carboxylic acids is 2. The quantitative estimate of drug-likeness (QED) is 0.455. The summed E-state index contributed by atoms with van der Waals surface area (Å²) in [5.41, 5.74) is 0. The molecule has 0 bridgehead atoms. The summed E-state index contributed by atoms with van der Waals surface area (Å²) < 4.78 is 32.9. The van der Waals surface area contributed by atoms with Crippen molar-refractivity contribution < 1.29 is 26.8 Å². The van der Waals surface area contributed by atoms with E-state index in [-0.39, 0.29) is 0 Å². The SMILES string of the molecule is CC(=O)NC1C(=O)N(OS(=O)(=O)O)C1C. The Kier molecular flexibility index (Phi) is 2.98. The molecule has 0 saturated carbocycles. The monoisotopic (exact) mass is 238 g/mol. The number of carbonyl (C=O) groups is 2. The zero-order valence-electron chi connectivity index (χ0n) is 8.00. The Morgan fingerprint density at radius 2 is 2.13 bits per heavy atom. The molecule has 0 aliphatic carbocycles. The summed E-state index contributed by atoms with van der Waals surface area (Å²) in [6, 6.07) is -1.47. The highest BCUT2D eigenvalue weighted by atomic mass is 32.3. The summed E-state index contributed by atoms with van der Waals surface area (Å²) in [6.45, 7) is 2.69. The molecule has 2 N–H and O–H groups in total. The second-order valence-corrected chi connectivity index (χ2v) is 4.09. The van der Waals surface area contributed by atoms with E-state index in [4.69, 9.17) is 4.55 Å². The topological polar surface area (TPSA) is 113 Å². The predicted octanol–water partition coefficient (Wildman–Crippen LogP) is -1.54. The average Bonchev–Trinajstić information content (AvgIpc) is 2.08. The van der Waals surface area contributed by atoms with E-state index < -0.39 is 34.3 Å². The van der Waals surface area contributed by atoms with E-state index in [2.05, 4.69) is 9.60 Å². The van der Waals surface area contributed by atoms with E-state index in [1.807, 2.05) is 0 Å². The van der Waals surface area contributed by atoms with Crippen molar-refractivity contribution in [1.82, 2.24) is 10.4 Å². The number of nitrogens with zero attached hydrogens (tertiary/aromatic N) is 1. The van der Waals surface area contributed by atoms with Crippen LogP contribution >= 0.6 is 0 Å². The normalized spacial score (nSPS) is 26.1. The molecule has 0 radical (unpaired) electrons. The van der Waals surface area contributed by atoms with Crippen LogP contribution in [0.5, 0.6) is 0 Å². The molecule has 0 aromatic carbocycles. The van der Waals surface area contributed by atoms with Gasteiger partial charge in [-0.25, -0.2) is 0 Å². The van der Waals surface area contributed by atoms with Crippen LogP contribution in [0.25, 0.3) is 0 Å². The summed E-state index contributed by atoms with van der Waals surface area (Å²) in [4.78, 5) is 21.8. The molecule has 1 aliphatic heterocycles. The first-order valence-corrected chi connectivity index (χ1v) is 5.36. The van der Waals surface area contributed by atoms with Crippen LogP contribution in [0.4, 0.5) is 0 Å². The summed E-state index contributed by atoms with van der Waals surface area (Å²) in [5.74, 6) is -1.14. The lowest BCUT2D eigenvalue weighted by Gasteiger charge is -2.41. The Balaban J connectivity index is 2.62. The molecule has 86 valence electrons. The second-order valence-electron chi connectivity index (χ2n) is 3.09. The maximum Gasteiger partial charge on any atom is 0.418 e. The van der Waals surface area contributed by atoms with Crippen molar-refractivity contribution >= 4 is 22.2 Å². The highest BCUT2D eigenvalue weighted by Crippen LogP contribution is 2.21. The minimum Gasteiger partial charge on any atom is -0.343 e. The number of β-lactam (4-membered cyclic amide) rings is 1. The average molecular weight is 238 g/mol. The molecule has 1 rings (SSSR count). The molecule has 1 aliphatic rings. The fourth-order valence-electron chi connectivity index (χ4n) is 1.20. The van der Waals surface area contributed by atoms with Crippen LogP contribution in [0.1, 0.15) is 13.8 Å². The summed E-state index contributed by atoms with van der Waals surface area (Å²) in [5, 5.41) is 2.79. The fraction of sp³-hybridized carbons (Fsp3) is 0.667. The third kappa shape index (κ3) is 2.64. The van der Waals surface area contributed by atoms with Gasteiger partial charge in [0, 0.05) is 6.92 Å². The lowest BCUT2D eigenvalue weighted by Crippen LogP contribution is -2.69. The van der Waals surface area contributed by atoms with Gasteiger partial charge < -0.3 is 5.32 Å². The van der Waals surface area contributed by atoms with Gasteiger partial charge in [-0.15, -0.1) is 4.28 Å². The molecule has 1 saturated heterocycles. The van der Waals surface area contributed by atoms with Gasteiger partial charge in [-0.05, 0) is 6.92 Å². The molecule has 2 amide bonds. The van der Waals surface area contributed by atoms with Crippen molar-refractivity contribution in [2.75, 3.05) is 0 Å². The molecule has 15 heavy (non-hydrogen) atoms. The lowest BCUT2D eigenvalue weighted by atomic mass is 10.0. The number of amides is 2. The van der Waals surface area contributed by atoms with Crippen LogP contribution in [0.2, 0.25) is 0 Å². The first-order valence-electron chi connectivity index (χ1n) is 3.99. The van der Waals surface area contributed by atoms with Crippen molar-refractivity contribution in [2.24, 2.45) is 0 Å². The highest BCUT2D eigenvalue weighted by molar-refractivity contribution is 7.80. The predicted molar refractivity (Wildman–Crippen MR) is 46.5 cm³/mol. The van der Waals surface area contributed by atoms with Gasteiger partial charge in [0.2, 0.25) is 5.91 Å². The first kappa shape index (κ1) is 11.9. The summed E-state index contributed by atoms with van der Waals surface area (Å²) >= 11 is 0. The smallest absolute Gasteiger partial charge is 0.343 e. The van der Waals surface area contributed by atoms with Gasteiger partial charge in [0.1, 0.15) is 6.04 Å². The third-order valence-electron chi connectivity index (χ3n) is 1.87. The number of hydrogen-bond donors (Lipinski definition) is 2. The van der Waals surface area contributed by atoms with Crippen LogP contribution < -0.4 is 5.32 Å². The van der Waals surface area contributed by atoms with Crippen LogP contribution in [-0.2, 0) is 24.3 Å². The van der Waals surface area contributed by atoms with Gasteiger partial charge in [-0.1, -0.05) is 0 Å². The first-order chi connectivity index (χ1) is 6.72. The molecule has 9 heteroatoms.